The third-order valence-electron chi connectivity index (χ3n) is 6.32. The highest BCUT2D eigenvalue weighted by Gasteiger charge is 2.19. The van der Waals surface area contributed by atoms with Crippen LogP contribution in [0.1, 0.15) is 41.6 Å². The first kappa shape index (κ1) is 20.6. The number of nitrogens with zero attached hydrogens (tertiary/aromatic N) is 1. The third kappa shape index (κ3) is 5.28. The Morgan fingerprint density at radius 1 is 0.967 bits per heavy atom. The van der Waals surface area contributed by atoms with Crippen LogP contribution in [0.5, 0.6) is 5.75 Å². The first-order valence-corrected chi connectivity index (χ1v) is 11.1. The molecule has 1 fully saturated rings. The maximum absolute atomic E-state index is 12.7. The molecule has 0 radical (unpaired) electrons. The van der Waals surface area contributed by atoms with Gasteiger partial charge in [0.15, 0.2) is 5.78 Å². The lowest BCUT2D eigenvalue weighted by atomic mass is 9.90. The fourth-order valence-corrected chi connectivity index (χ4v) is 4.49. The number of hydrogen-bond donors (Lipinski definition) is 0. The average molecular weight is 402 g/mol. The van der Waals surface area contributed by atoms with Gasteiger partial charge < -0.3 is 9.64 Å². The minimum atomic E-state index is 0.242. The molecule has 1 aliphatic rings. The number of piperidine rings is 1. The highest BCUT2D eigenvalue weighted by molar-refractivity contribution is 6.00. The summed E-state index contributed by atoms with van der Waals surface area (Å²) in [6, 6.07) is 22.8. The molecule has 3 aromatic carbocycles. The summed E-state index contributed by atoms with van der Waals surface area (Å²) in [5, 5.41) is 2.19. The van der Waals surface area contributed by atoms with E-state index in [1.807, 2.05) is 36.4 Å². The summed E-state index contributed by atoms with van der Waals surface area (Å²) in [6.07, 6.45) is 5.27. The van der Waals surface area contributed by atoms with E-state index in [4.69, 9.17) is 4.74 Å². The molecule has 1 aliphatic heterocycles. The Balaban J connectivity index is 1.22. The van der Waals surface area contributed by atoms with Crippen molar-refractivity contribution in [3.05, 3.63) is 77.9 Å². The maximum Gasteiger partial charge on any atom is 0.162 e. The molecule has 0 unspecified atom stereocenters. The monoisotopic (exact) mass is 401 g/mol. The largest absolute Gasteiger partial charge is 0.497 e. The smallest absolute Gasteiger partial charge is 0.162 e. The first-order chi connectivity index (χ1) is 14.7. The van der Waals surface area contributed by atoms with Gasteiger partial charge >= 0.3 is 0 Å². The van der Waals surface area contributed by atoms with Crippen LogP contribution in [0.2, 0.25) is 0 Å². The molecule has 0 saturated carbocycles. The number of carbonyl (C=O) groups is 1. The Labute approximate surface area is 179 Å². The van der Waals surface area contributed by atoms with Crippen molar-refractivity contribution in [3.63, 3.8) is 0 Å². The Hall–Kier alpha value is -2.65. The molecular weight excluding hydrogens is 370 g/mol. The van der Waals surface area contributed by atoms with Gasteiger partial charge in [-0.05, 0) is 85.8 Å². The highest BCUT2D eigenvalue weighted by Crippen LogP contribution is 2.24. The SMILES string of the molecule is COc1ccc2cc(C(=O)CCCN3CCC(Cc4ccccc4)CC3)ccc2c1. The van der Waals surface area contributed by atoms with Crippen molar-refractivity contribution in [2.75, 3.05) is 26.7 Å². The summed E-state index contributed by atoms with van der Waals surface area (Å²) in [7, 11) is 1.67. The predicted octanol–water partition coefficient (Wildman–Crippen LogP) is 5.77. The van der Waals surface area contributed by atoms with Crippen LogP contribution in [0, 0.1) is 5.92 Å². The van der Waals surface area contributed by atoms with Crippen LogP contribution >= 0.6 is 0 Å². The van der Waals surface area contributed by atoms with Crippen LogP contribution in [-0.4, -0.2) is 37.4 Å². The van der Waals surface area contributed by atoms with Crippen molar-refractivity contribution >= 4 is 16.6 Å². The van der Waals surface area contributed by atoms with E-state index >= 15 is 0 Å². The van der Waals surface area contributed by atoms with Gasteiger partial charge in [-0.3, -0.25) is 4.79 Å². The van der Waals surface area contributed by atoms with Crippen molar-refractivity contribution in [1.29, 1.82) is 0 Å². The zero-order valence-corrected chi connectivity index (χ0v) is 17.8. The Kier molecular flexibility index (Phi) is 6.81. The Morgan fingerprint density at radius 2 is 1.70 bits per heavy atom. The highest BCUT2D eigenvalue weighted by atomic mass is 16.5. The van der Waals surface area contributed by atoms with Crippen LogP contribution in [0.15, 0.2) is 66.7 Å². The fraction of sp³-hybridized carbons (Fsp3) is 0.370. The summed E-state index contributed by atoms with van der Waals surface area (Å²) in [5.74, 6) is 1.88. The second-order valence-corrected chi connectivity index (χ2v) is 8.43. The molecule has 0 bridgehead atoms. The van der Waals surface area contributed by atoms with E-state index in [0.29, 0.717) is 6.42 Å². The topological polar surface area (TPSA) is 29.5 Å². The van der Waals surface area contributed by atoms with Crippen molar-refractivity contribution in [2.45, 2.75) is 32.1 Å². The summed E-state index contributed by atoms with van der Waals surface area (Å²) < 4.78 is 5.28. The average Bonchev–Trinajstić information content (AvgIpc) is 2.80. The lowest BCUT2D eigenvalue weighted by Crippen LogP contribution is -2.35. The quantitative estimate of drug-likeness (QED) is 0.449. The van der Waals surface area contributed by atoms with E-state index < -0.39 is 0 Å². The summed E-state index contributed by atoms with van der Waals surface area (Å²) in [6.45, 7) is 3.33. The molecule has 1 saturated heterocycles. The minimum absolute atomic E-state index is 0.242. The summed E-state index contributed by atoms with van der Waals surface area (Å²) >= 11 is 0. The molecule has 0 spiro atoms. The van der Waals surface area contributed by atoms with Gasteiger partial charge in [-0.2, -0.15) is 0 Å². The number of fused-ring (bicyclic) bond motifs is 1. The number of hydrogen-bond acceptors (Lipinski definition) is 3. The number of likely N-dealkylation sites (tertiary alicyclic amines) is 1. The molecule has 0 aromatic heterocycles. The lowest BCUT2D eigenvalue weighted by molar-refractivity contribution is 0.0970. The molecule has 3 nitrogen and oxygen atoms in total. The zero-order valence-electron chi connectivity index (χ0n) is 17.8. The number of methoxy groups -OCH3 is 1. The summed E-state index contributed by atoms with van der Waals surface area (Å²) in [5.41, 5.74) is 2.27. The van der Waals surface area contributed by atoms with Gasteiger partial charge in [0.25, 0.3) is 0 Å². The summed E-state index contributed by atoms with van der Waals surface area (Å²) in [4.78, 5) is 15.2. The number of Topliss-reactive ketones (excluding diaryl/α,β-unsaturated/α-hetero) is 1. The van der Waals surface area contributed by atoms with Gasteiger partial charge in [-0.25, -0.2) is 0 Å². The maximum atomic E-state index is 12.7. The van der Waals surface area contributed by atoms with Crippen LogP contribution in [0.3, 0.4) is 0 Å². The third-order valence-corrected chi connectivity index (χ3v) is 6.32. The number of benzene rings is 3. The van der Waals surface area contributed by atoms with Gasteiger partial charge in [0, 0.05) is 12.0 Å². The minimum Gasteiger partial charge on any atom is -0.497 e. The van der Waals surface area contributed by atoms with E-state index in [9.17, 15) is 4.79 Å². The van der Waals surface area contributed by atoms with Gasteiger partial charge in [0.2, 0.25) is 0 Å². The van der Waals surface area contributed by atoms with Crippen molar-refractivity contribution in [1.82, 2.24) is 4.90 Å². The van der Waals surface area contributed by atoms with Crippen LogP contribution < -0.4 is 4.74 Å². The molecule has 0 atom stereocenters. The van der Waals surface area contributed by atoms with E-state index in [0.717, 1.165) is 54.1 Å². The van der Waals surface area contributed by atoms with Crippen LogP contribution in [-0.2, 0) is 6.42 Å². The fourth-order valence-electron chi connectivity index (χ4n) is 4.49. The zero-order chi connectivity index (χ0) is 20.8. The van der Waals surface area contributed by atoms with E-state index in [2.05, 4.69) is 35.2 Å². The molecule has 3 aromatic rings. The second kappa shape index (κ2) is 9.90. The standard InChI is InChI=1S/C27H31NO2/c1-30-26-12-11-23-19-25(10-9-24(23)20-26)27(29)8-5-15-28-16-13-22(14-17-28)18-21-6-3-2-4-7-21/h2-4,6-7,9-12,19-20,22H,5,8,13-18H2,1H3. The number of ether oxygens (including phenoxy) is 1. The molecule has 3 heteroatoms. The van der Waals surface area contributed by atoms with Gasteiger partial charge in [-0.1, -0.05) is 48.5 Å². The van der Waals surface area contributed by atoms with Gasteiger partial charge in [0.05, 0.1) is 7.11 Å². The molecule has 156 valence electrons. The number of rotatable bonds is 8. The molecule has 0 amide bonds. The number of ketones is 1. The number of carbonyl (C=O) groups excluding carboxylic acids is 1. The first-order valence-electron chi connectivity index (χ1n) is 11.1. The van der Waals surface area contributed by atoms with E-state index in [-0.39, 0.29) is 5.78 Å². The van der Waals surface area contributed by atoms with Gasteiger partial charge in [0.1, 0.15) is 5.75 Å². The molecule has 0 aliphatic carbocycles. The molecule has 30 heavy (non-hydrogen) atoms. The Morgan fingerprint density at radius 3 is 2.47 bits per heavy atom. The Bertz CT molecular complexity index is 975. The van der Waals surface area contributed by atoms with Crippen molar-refractivity contribution in [3.8, 4) is 5.75 Å². The predicted molar refractivity (Wildman–Crippen MR) is 123 cm³/mol. The molecule has 1 heterocycles. The molecule has 4 rings (SSSR count). The normalized spacial score (nSPS) is 15.4. The lowest BCUT2D eigenvalue weighted by Gasteiger charge is -2.32. The van der Waals surface area contributed by atoms with Crippen molar-refractivity contribution < 1.29 is 9.53 Å². The second-order valence-electron chi connectivity index (χ2n) is 8.43. The van der Waals surface area contributed by atoms with Gasteiger partial charge in [-0.15, -0.1) is 0 Å². The van der Waals surface area contributed by atoms with Crippen molar-refractivity contribution in [2.24, 2.45) is 5.92 Å². The molecular formula is C27H31NO2. The van der Waals surface area contributed by atoms with E-state index in [1.54, 1.807) is 7.11 Å². The van der Waals surface area contributed by atoms with Crippen LogP contribution in [0.25, 0.3) is 10.8 Å². The molecule has 0 N–H and O–H groups in total. The van der Waals surface area contributed by atoms with Crippen LogP contribution in [0.4, 0.5) is 0 Å². The van der Waals surface area contributed by atoms with E-state index in [1.165, 1.54) is 24.8 Å².